The van der Waals surface area contributed by atoms with E-state index in [2.05, 4.69) is 40.9 Å². The first-order chi connectivity index (χ1) is 15.6. The van der Waals surface area contributed by atoms with E-state index in [1.165, 1.54) is 0 Å². The second-order valence-corrected chi connectivity index (χ2v) is 7.70. The average molecular weight is 570 g/mol. The lowest BCUT2D eigenvalue weighted by Crippen LogP contribution is -2.45. The molecule has 7 nitrogen and oxygen atoms in total. The van der Waals surface area contributed by atoms with Crippen molar-refractivity contribution in [2.45, 2.75) is 32.0 Å². The normalized spacial score (nSPS) is 16.2. The molecule has 1 atom stereocenters. The van der Waals surface area contributed by atoms with Crippen LogP contribution in [0.2, 0.25) is 0 Å². The van der Waals surface area contributed by atoms with Gasteiger partial charge in [0.2, 0.25) is 0 Å². The van der Waals surface area contributed by atoms with Crippen LogP contribution >= 0.6 is 24.0 Å². The van der Waals surface area contributed by atoms with E-state index in [1.807, 2.05) is 36.7 Å². The van der Waals surface area contributed by atoms with Crippen molar-refractivity contribution < 1.29 is 13.5 Å². The van der Waals surface area contributed by atoms with Crippen LogP contribution in [0.25, 0.3) is 11.0 Å². The maximum Gasteiger partial charge on any atom is 0.387 e. The Balaban J connectivity index is 0.00000306. The maximum absolute atomic E-state index is 12.7. The van der Waals surface area contributed by atoms with Gasteiger partial charge < -0.3 is 24.8 Å². The number of aliphatic imine (C=N–C) groups is 1. The number of fused-ring (bicyclic) bond motifs is 1. The van der Waals surface area contributed by atoms with Crippen LogP contribution in [0.15, 0.2) is 59.9 Å². The summed E-state index contributed by atoms with van der Waals surface area (Å²) in [7, 11) is 1.75. The molecule has 1 aliphatic rings. The molecule has 4 rings (SSSR count). The highest BCUT2D eigenvalue weighted by atomic mass is 127. The van der Waals surface area contributed by atoms with Gasteiger partial charge in [-0.25, -0.2) is 4.98 Å². The smallest absolute Gasteiger partial charge is 0.387 e. The summed E-state index contributed by atoms with van der Waals surface area (Å²) < 4.78 is 32.3. The van der Waals surface area contributed by atoms with Gasteiger partial charge in [-0.1, -0.05) is 24.3 Å². The van der Waals surface area contributed by atoms with E-state index in [1.54, 1.807) is 19.2 Å². The van der Waals surface area contributed by atoms with Crippen LogP contribution in [0.4, 0.5) is 14.5 Å². The molecule has 0 aliphatic carbocycles. The first-order valence-corrected chi connectivity index (χ1v) is 10.8. The van der Waals surface area contributed by atoms with Crippen LogP contribution in [0.5, 0.6) is 5.75 Å². The van der Waals surface area contributed by atoms with Crippen molar-refractivity contribution in [2.24, 2.45) is 4.99 Å². The number of halogens is 3. The number of para-hydroxylation sites is 4. The Morgan fingerprint density at radius 1 is 1.21 bits per heavy atom. The van der Waals surface area contributed by atoms with Gasteiger partial charge in [0.1, 0.15) is 5.75 Å². The van der Waals surface area contributed by atoms with Crippen LogP contribution < -0.4 is 20.3 Å². The van der Waals surface area contributed by atoms with E-state index >= 15 is 0 Å². The van der Waals surface area contributed by atoms with Gasteiger partial charge in [0.15, 0.2) is 5.96 Å². The van der Waals surface area contributed by atoms with Crippen LogP contribution in [-0.4, -0.2) is 54.8 Å². The molecule has 0 amide bonds. The number of nitrogens with one attached hydrogen (secondary N) is 2. The number of guanidine groups is 1. The minimum atomic E-state index is -2.84. The fraction of sp³-hybridized carbons (Fsp3) is 0.391. The van der Waals surface area contributed by atoms with Crippen molar-refractivity contribution in [3.8, 4) is 5.75 Å². The Hall–Kier alpha value is -2.63. The number of imidazole rings is 1. The minimum Gasteiger partial charge on any atom is -0.433 e. The predicted octanol–water partition coefficient (Wildman–Crippen LogP) is 4.09. The van der Waals surface area contributed by atoms with Crippen molar-refractivity contribution >= 4 is 46.7 Å². The van der Waals surface area contributed by atoms with Gasteiger partial charge >= 0.3 is 6.61 Å². The van der Waals surface area contributed by atoms with E-state index in [0.29, 0.717) is 12.2 Å². The molecule has 2 heterocycles. The molecular formula is C23H29F2IN6O. The molecule has 1 saturated heterocycles. The monoisotopic (exact) mass is 570 g/mol. The van der Waals surface area contributed by atoms with Crippen LogP contribution in [0, 0.1) is 0 Å². The lowest BCUT2D eigenvalue weighted by atomic mass is 10.2. The maximum atomic E-state index is 12.7. The van der Waals surface area contributed by atoms with E-state index < -0.39 is 6.61 Å². The molecule has 0 saturated carbocycles. The zero-order chi connectivity index (χ0) is 22.3. The summed E-state index contributed by atoms with van der Waals surface area (Å²) in [4.78, 5) is 10.8. The van der Waals surface area contributed by atoms with Gasteiger partial charge in [-0.15, -0.1) is 24.0 Å². The summed E-state index contributed by atoms with van der Waals surface area (Å²) in [6.07, 6.45) is 3.68. The van der Waals surface area contributed by atoms with Crippen LogP contribution in [0.3, 0.4) is 0 Å². The van der Waals surface area contributed by atoms with Gasteiger partial charge in [0, 0.05) is 39.3 Å². The third kappa shape index (κ3) is 6.46. The van der Waals surface area contributed by atoms with Gasteiger partial charge in [0.25, 0.3) is 0 Å². The zero-order valence-electron chi connectivity index (χ0n) is 18.5. The SMILES string of the molecule is CN=C(NCCCn1cnc2ccccc21)NC1CCN(c2ccccc2OC(F)F)C1.I. The van der Waals surface area contributed by atoms with Crippen molar-refractivity contribution in [1.29, 1.82) is 0 Å². The summed E-state index contributed by atoms with van der Waals surface area (Å²) >= 11 is 0. The molecule has 0 bridgehead atoms. The zero-order valence-corrected chi connectivity index (χ0v) is 20.8. The summed E-state index contributed by atoms with van der Waals surface area (Å²) in [6.45, 7) is 0.240. The number of nitrogens with zero attached hydrogens (tertiary/aromatic N) is 4. The molecule has 178 valence electrons. The molecule has 10 heteroatoms. The molecule has 2 N–H and O–H groups in total. The number of benzene rings is 2. The Bertz CT molecular complexity index is 1060. The standard InChI is InChI=1S/C23H28F2N6O.HI/c1-26-23(27-12-6-13-31-16-28-18-7-2-3-8-19(18)31)29-17-11-14-30(15-17)20-9-4-5-10-21(20)32-22(24)25;/h2-5,7-10,16-17,22H,6,11-15H2,1H3,(H2,26,27,29);1H. The van der Waals surface area contributed by atoms with Gasteiger partial charge in [-0.3, -0.25) is 4.99 Å². The number of hydrogen-bond donors (Lipinski definition) is 2. The van der Waals surface area contributed by atoms with E-state index in [0.717, 1.165) is 49.5 Å². The van der Waals surface area contributed by atoms with Crippen molar-refractivity contribution in [1.82, 2.24) is 20.2 Å². The quantitative estimate of drug-likeness (QED) is 0.185. The van der Waals surface area contributed by atoms with E-state index in [4.69, 9.17) is 0 Å². The average Bonchev–Trinajstić information content (AvgIpc) is 3.43. The van der Waals surface area contributed by atoms with Crippen molar-refractivity contribution in [2.75, 3.05) is 31.6 Å². The summed E-state index contributed by atoms with van der Waals surface area (Å²) in [5.74, 6) is 0.946. The molecular weight excluding hydrogens is 541 g/mol. The second kappa shape index (κ2) is 12.0. The van der Waals surface area contributed by atoms with Crippen molar-refractivity contribution in [3.05, 3.63) is 54.9 Å². The number of alkyl halides is 2. The Kier molecular flexibility index (Phi) is 9.10. The fourth-order valence-corrected chi connectivity index (χ4v) is 4.04. The topological polar surface area (TPSA) is 66.7 Å². The van der Waals surface area contributed by atoms with Gasteiger partial charge in [-0.2, -0.15) is 8.78 Å². The molecule has 3 aromatic rings. The second-order valence-electron chi connectivity index (χ2n) is 7.70. The molecule has 0 radical (unpaired) electrons. The van der Waals surface area contributed by atoms with Crippen LogP contribution in [0.1, 0.15) is 12.8 Å². The molecule has 1 unspecified atom stereocenters. The number of aryl methyl sites for hydroxylation is 1. The van der Waals surface area contributed by atoms with Gasteiger partial charge in [0.05, 0.1) is 23.0 Å². The summed E-state index contributed by atoms with van der Waals surface area (Å²) in [5, 5.41) is 6.80. The first-order valence-electron chi connectivity index (χ1n) is 10.8. The fourth-order valence-electron chi connectivity index (χ4n) is 4.04. The van der Waals surface area contributed by atoms with Gasteiger partial charge in [-0.05, 0) is 37.1 Å². The minimum absolute atomic E-state index is 0. The van der Waals surface area contributed by atoms with Crippen LogP contribution in [-0.2, 0) is 6.54 Å². The highest BCUT2D eigenvalue weighted by molar-refractivity contribution is 14.0. The Morgan fingerprint density at radius 3 is 2.82 bits per heavy atom. The predicted molar refractivity (Wildman–Crippen MR) is 138 cm³/mol. The summed E-state index contributed by atoms with van der Waals surface area (Å²) in [5.41, 5.74) is 2.83. The number of aromatic nitrogens is 2. The number of anilines is 1. The summed E-state index contributed by atoms with van der Waals surface area (Å²) in [6, 6.07) is 15.2. The molecule has 2 aromatic carbocycles. The molecule has 1 aliphatic heterocycles. The number of ether oxygens (including phenoxy) is 1. The Morgan fingerprint density at radius 2 is 2.00 bits per heavy atom. The Labute approximate surface area is 209 Å². The van der Waals surface area contributed by atoms with E-state index in [-0.39, 0.29) is 35.8 Å². The lowest BCUT2D eigenvalue weighted by molar-refractivity contribution is -0.0495. The number of hydrogen-bond acceptors (Lipinski definition) is 4. The number of rotatable bonds is 8. The third-order valence-corrected chi connectivity index (χ3v) is 5.57. The molecule has 33 heavy (non-hydrogen) atoms. The largest absolute Gasteiger partial charge is 0.433 e. The van der Waals surface area contributed by atoms with E-state index in [9.17, 15) is 8.78 Å². The highest BCUT2D eigenvalue weighted by Crippen LogP contribution is 2.31. The highest BCUT2D eigenvalue weighted by Gasteiger charge is 2.26. The molecule has 1 fully saturated rings. The third-order valence-electron chi connectivity index (χ3n) is 5.57. The lowest BCUT2D eigenvalue weighted by Gasteiger charge is -2.22. The molecule has 0 spiro atoms. The molecule has 1 aromatic heterocycles. The first kappa shape index (κ1) is 25.0. The van der Waals surface area contributed by atoms with Crippen molar-refractivity contribution in [3.63, 3.8) is 0 Å².